The number of aliphatic hydroxyl groups excluding tert-OH is 1. The quantitative estimate of drug-likeness (QED) is 0.312. The van der Waals surface area contributed by atoms with E-state index in [1.54, 1.807) is 13.0 Å². The van der Waals surface area contributed by atoms with Gasteiger partial charge in [0, 0.05) is 0 Å². The fraction of sp³-hybridized carbons (Fsp3) is 0.136. The number of carbonyl (C=O) groups excluding carboxylic acids is 1. The highest BCUT2D eigenvalue weighted by Crippen LogP contribution is 2.41. The predicted octanol–water partition coefficient (Wildman–Crippen LogP) is 6.15. The molecule has 158 valence electrons. The molecule has 0 saturated heterocycles. The van der Waals surface area contributed by atoms with Crippen LogP contribution in [0.2, 0.25) is 0 Å². The monoisotopic (exact) mass is 610 g/mol. The number of hydrogen-bond donors (Lipinski definition) is 1. The van der Waals surface area contributed by atoms with Gasteiger partial charge < -0.3 is 14.6 Å². The van der Waals surface area contributed by atoms with Crippen molar-refractivity contribution in [2.24, 2.45) is 4.99 Å². The molecule has 1 N–H and O–H groups in total. The number of aliphatic imine (C=N–C) groups is 1. The van der Waals surface area contributed by atoms with Crippen molar-refractivity contribution in [1.82, 2.24) is 0 Å². The largest absolute Gasteiger partial charge is 0.506 e. The lowest BCUT2D eigenvalue weighted by Crippen LogP contribution is -2.12. The highest BCUT2D eigenvalue weighted by Gasteiger charge is 2.33. The Morgan fingerprint density at radius 2 is 2.10 bits per heavy atom. The summed E-state index contributed by atoms with van der Waals surface area (Å²) < 4.78 is 12.0. The van der Waals surface area contributed by atoms with Gasteiger partial charge in [0.1, 0.15) is 28.2 Å². The van der Waals surface area contributed by atoms with E-state index in [1.165, 1.54) is 11.8 Å². The van der Waals surface area contributed by atoms with Gasteiger partial charge in [-0.15, -0.1) is 0 Å². The Bertz CT molecular complexity index is 1120. The number of para-hydroxylation sites is 1. The fourth-order valence-corrected chi connectivity index (χ4v) is 5.47. The Morgan fingerprint density at radius 1 is 1.35 bits per heavy atom. The number of hydrogen-bond acceptors (Lipinski definition) is 7. The van der Waals surface area contributed by atoms with Gasteiger partial charge in [0.15, 0.2) is 6.61 Å². The Kier molecular flexibility index (Phi) is 8.17. The van der Waals surface area contributed by atoms with Gasteiger partial charge in [-0.05, 0) is 81.3 Å². The summed E-state index contributed by atoms with van der Waals surface area (Å²) in [5, 5.41) is 19.9. The van der Waals surface area contributed by atoms with Crippen LogP contribution in [0.25, 0.3) is 6.08 Å². The molecule has 2 aromatic carbocycles. The molecule has 0 radical (unpaired) electrons. The number of rotatable bonds is 6. The van der Waals surface area contributed by atoms with E-state index in [4.69, 9.17) is 14.7 Å². The van der Waals surface area contributed by atoms with Gasteiger partial charge in [0.2, 0.25) is 0 Å². The fourth-order valence-electron chi connectivity index (χ4n) is 2.67. The van der Waals surface area contributed by atoms with E-state index in [0.29, 0.717) is 25.9 Å². The molecule has 2 aromatic rings. The first kappa shape index (κ1) is 23.4. The van der Waals surface area contributed by atoms with Crippen molar-refractivity contribution < 1.29 is 19.4 Å². The molecule has 0 aliphatic carbocycles. The van der Waals surface area contributed by atoms with Crippen LogP contribution in [0.15, 0.2) is 68.2 Å². The Labute approximate surface area is 205 Å². The van der Waals surface area contributed by atoms with Crippen molar-refractivity contribution in [3.63, 3.8) is 0 Å². The van der Waals surface area contributed by atoms with Crippen LogP contribution in [0.1, 0.15) is 12.5 Å². The molecule has 0 aromatic heterocycles. The van der Waals surface area contributed by atoms with Gasteiger partial charge in [-0.25, -0.2) is 9.79 Å². The zero-order valence-electron chi connectivity index (χ0n) is 16.3. The molecular formula is C22H16BrIN2O4S. The smallest absolute Gasteiger partial charge is 0.344 e. The summed E-state index contributed by atoms with van der Waals surface area (Å²) in [7, 11) is 0. The summed E-state index contributed by atoms with van der Waals surface area (Å²) >= 11 is 6.77. The van der Waals surface area contributed by atoms with E-state index >= 15 is 0 Å². The zero-order chi connectivity index (χ0) is 22.4. The Hall–Kier alpha value is -2.29. The Balaban J connectivity index is 2.02. The maximum atomic E-state index is 12.5. The summed E-state index contributed by atoms with van der Waals surface area (Å²) in [6.07, 6.45) is 1.76. The van der Waals surface area contributed by atoms with Crippen LogP contribution in [0.3, 0.4) is 0 Å². The van der Waals surface area contributed by atoms with E-state index < -0.39 is 5.97 Å². The molecule has 0 spiro atoms. The first-order valence-corrected chi connectivity index (χ1v) is 11.8. The minimum atomic E-state index is -0.624. The summed E-state index contributed by atoms with van der Waals surface area (Å²) in [6.45, 7) is 1.83. The highest BCUT2D eigenvalue weighted by molar-refractivity contribution is 14.1. The number of thioether (sulfide) groups is 1. The number of carbonyl (C=O) groups is 1. The third kappa shape index (κ3) is 5.70. The number of ether oxygens (including phenoxy) is 2. The van der Waals surface area contributed by atoms with E-state index in [-0.39, 0.29) is 24.5 Å². The number of benzene rings is 2. The molecule has 0 saturated carbocycles. The van der Waals surface area contributed by atoms with Gasteiger partial charge in [-0.1, -0.05) is 30.0 Å². The van der Waals surface area contributed by atoms with Crippen LogP contribution < -0.4 is 4.74 Å². The maximum Gasteiger partial charge on any atom is 0.344 e. The first-order valence-electron chi connectivity index (χ1n) is 9.07. The molecule has 6 nitrogen and oxygen atoms in total. The van der Waals surface area contributed by atoms with Gasteiger partial charge in [-0.3, -0.25) is 0 Å². The SMILES string of the molecule is CCOC(=O)C1=C(O)/C(=C/c2cc(Br)c(OCC#N)c(I)c2)SC1=Nc1ccccc1. The average molecular weight is 611 g/mol. The number of nitrogens with zero attached hydrogens (tertiary/aromatic N) is 2. The lowest BCUT2D eigenvalue weighted by atomic mass is 10.1. The zero-order valence-corrected chi connectivity index (χ0v) is 20.8. The molecule has 0 fully saturated rings. The van der Waals surface area contributed by atoms with Crippen LogP contribution in [0.4, 0.5) is 5.69 Å². The molecule has 0 amide bonds. The molecule has 0 unspecified atom stereocenters. The second-order valence-electron chi connectivity index (χ2n) is 6.07. The van der Waals surface area contributed by atoms with Gasteiger partial charge in [0.25, 0.3) is 0 Å². The molecule has 9 heteroatoms. The number of nitriles is 1. The minimum absolute atomic E-state index is 0.0460. The highest BCUT2D eigenvalue weighted by atomic mass is 127. The van der Waals surface area contributed by atoms with Crippen molar-refractivity contribution in [2.75, 3.05) is 13.2 Å². The summed E-state index contributed by atoms with van der Waals surface area (Å²) in [5.41, 5.74) is 1.49. The maximum absolute atomic E-state index is 12.5. The van der Waals surface area contributed by atoms with Crippen LogP contribution in [0.5, 0.6) is 5.75 Å². The second kappa shape index (κ2) is 10.8. The van der Waals surface area contributed by atoms with E-state index in [9.17, 15) is 9.90 Å². The van der Waals surface area contributed by atoms with E-state index in [1.807, 2.05) is 48.5 Å². The first-order chi connectivity index (χ1) is 14.9. The number of halogens is 2. The van der Waals surface area contributed by atoms with Crippen molar-refractivity contribution >= 4 is 73.1 Å². The van der Waals surface area contributed by atoms with Gasteiger partial charge in [0.05, 0.1) is 25.2 Å². The molecule has 31 heavy (non-hydrogen) atoms. The normalized spacial score (nSPS) is 15.9. The van der Waals surface area contributed by atoms with Crippen molar-refractivity contribution in [3.8, 4) is 11.8 Å². The van der Waals surface area contributed by atoms with E-state index in [2.05, 4.69) is 43.5 Å². The molecule has 0 bridgehead atoms. The third-order valence-corrected chi connectivity index (χ3v) is 6.37. The standard InChI is InChI=1S/C22H16BrIN2O4S/c1-2-29-22(28)18-19(27)17(31-21(18)26-14-6-4-3-5-7-14)12-13-10-15(23)20(16(24)11-13)30-9-8-25/h3-7,10-12,27H,2,9H2,1H3/b17-12-,26-21?. The molecule has 1 aliphatic heterocycles. The molecule has 3 rings (SSSR count). The lowest BCUT2D eigenvalue weighted by molar-refractivity contribution is -0.138. The van der Waals surface area contributed by atoms with Crippen LogP contribution in [-0.4, -0.2) is 29.3 Å². The van der Waals surface area contributed by atoms with E-state index in [0.717, 1.165) is 9.13 Å². The average Bonchev–Trinajstić information content (AvgIpc) is 3.03. The number of esters is 1. The third-order valence-electron chi connectivity index (χ3n) is 3.96. The topological polar surface area (TPSA) is 91.9 Å². The second-order valence-corrected chi connectivity index (χ2v) is 9.11. The van der Waals surface area contributed by atoms with Gasteiger partial charge >= 0.3 is 5.97 Å². The molecule has 1 aliphatic rings. The summed E-state index contributed by atoms with van der Waals surface area (Å²) in [5.74, 6) is -0.225. The number of aliphatic hydroxyl groups is 1. The molecule has 0 atom stereocenters. The van der Waals surface area contributed by atoms with Crippen molar-refractivity contribution in [1.29, 1.82) is 5.26 Å². The minimum Gasteiger partial charge on any atom is -0.506 e. The molecule has 1 heterocycles. The molecular weight excluding hydrogens is 595 g/mol. The van der Waals surface area contributed by atoms with Crippen molar-refractivity contribution in [2.45, 2.75) is 6.92 Å². The lowest BCUT2D eigenvalue weighted by Gasteiger charge is -2.09. The summed E-state index contributed by atoms with van der Waals surface area (Å²) in [6, 6.07) is 14.8. The van der Waals surface area contributed by atoms with Gasteiger partial charge in [-0.2, -0.15) is 5.26 Å². The van der Waals surface area contributed by atoms with Crippen LogP contribution >= 0.6 is 50.3 Å². The van der Waals surface area contributed by atoms with Crippen LogP contribution in [-0.2, 0) is 9.53 Å². The predicted molar refractivity (Wildman–Crippen MR) is 133 cm³/mol. The summed E-state index contributed by atoms with van der Waals surface area (Å²) in [4.78, 5) is 17.5. The van der Waals surface area contributed by atoms with Crippen LogP contribution in [0, 0.1) is 14.9 Å². The van der Waals surface area contributed by atoms with Crippen molar-refractivity contribution in [3.05, 3.63) is 72.3 Å². The Morgan fingerprint density at radius 3 is 2.74 bits per heavy atom.